The third-order valence-corrected chi connectivity index (χ3v) is 4.05. The molecule has 2 atom stereocenters. The Bertz CT molecular complexity index is 677. The van der Waals surface area contributed by atoms with E-state index in [2.05, 4.69) is 49.7 Å². The summed E-state index contributed by atoms with van der Waals surface area (Å²) >= 11 is 2.07. The lowest BCUT2D eigenvalue weighted by Gasteiger charge is -2.14. The summed E-state index contributed by atoms with van der Waals surface area (Å²) in [4.78, 5) is 8.17. The van der Waals surface area contributed by atoms with Crippen LogP contribution in [-0.2, 0) is 0 Å². The van der Waals surface area contributed by atoms with Crippen molar-refractivity contribution in [1.29, 1.82) is 0 Å². The zero-order chi connectivity index (χ0) is 15.9. The number of halogens is 2. The summed E-state index contributed by atoms with van der Waals surface area (Å²) in [6.07, 6.45) is 0.956. The van der Waals surface area contributed by atoms with Crippen molar-refractivity contribution >= 4 is 28.4 Å². The zero-order valence-corrected chi connectivity index (χ0v) is 14.6. The average molecular weight is 409 g/mol. The third kappa shape index (κ3) is 4.67. The Kier molecular flexibility index (Phi) is 6.13. The first-order chi connectivity index (χ1) is 10.6. The number of anilines is 1. The maximum absolute atomic E-state index is 13.5. The number of benzene rings is 1. The molecule has 0 saturated carbocycles. The fourth-order valence-corrected chi connectivity index (χ4v) is 2.74. The molecule has 0 aliphatic heterocycles. The third-order valence-electron chi connectivity index (χ3n) is 2.99. The van der Waals surface area contributed by atoms with Gasteiger partial charge in [-0.3, -0.25) is 0 Å². The van der Waals surface area contributed by atoms with E-state index in [1.165, 1.54) is 13.3 Å². The summed E-state index contributed by atoms with van der Waals surface area (Å²) in [6.45, 7) is 3.50. The molecular weight excluding hydrogens is 392 g/mol. The standard InChI is InChI=1S/C17H17FIN3/c1-12(7-6-10-14-8-4-3-5-9-14)22-17-15(19)16(13(2)18)20-11-21-17/h3-5,8-9,11-13H,7H2,1-2H3,(H,20,21,22). The van der Waals surface area contributed by atoms with Crippen molar-refractivity contribution in [2.45, 2.75) is 32.5 Å². The normalized spacial score (nSPS) is 12.9. The molecule has 2 unspecified atom stereocenters. The van der Waals surface area contributed by atoms with Crippen molar-refractivity contribution in [3.8, 4) is 11.8 Å². The molecule has 0 aliphatic carbocycles. The van der Waals surface area contributed by atoms with E-state index in [4.69, 9.17) is 0 Å². The number of rotatable bonds is 4. The highest BCUT2D eigenvalue weighted by Gasteiger charge is 2.14. The summed E-state index contributed by atoms with van der Waals surface area (Å²) in [5.41, 5.74) is 1.42. The fourth-order valence-electron chi connectivity index (χ4n) is 1.87. The Morgan fingerprint density at radius 3 is 2.64 bits per heavy atom. The molecule has 114 valence electrons. The van der Waals surface area contributed by atoms with Crippen molar-refractivity contribution in [1.82, 2.24) is 9.97 Å². The molecule has 22 heavy (non-hydrogen) atoms. The lowest BCUT2D eigenvalue weighted by atomic mass is 10.2. The number of hydrogen-bond donors (Lipinski definition) is 1. The minimum Gasteiger partial charge on any atom is -0.366 e. The Hall–Kier alpha value is -1.68. The topological polar surface area (TPSA) is 37.8 Å². The molecule has 0 radical (unpaired) electrons. The van der Waals surface area contributed by atoms with Gasteiger partial charge in [0, 0.05) is 18.0 Å². The van der Waals surface area contributed by atoms with Crippen LogP contribution in [-0.4, -0.2) is 16.0 Å². The highest BCUT2D eigenvalue weighted by molar-refractivity contribution is 14.1. The lowest BCUT2D eigenvalue weighted by Crippen LogP contribution is -2.17. The van der Waals surface area contributed by atoms with Crippen molar-refractivity contribution < 1.29 is 4.39 Å². The molecule has 0 aliphatic rings. The van der Waals surface area contributed by atoms with Gasteiger partial charge in [0.2, 0.25) is 0 Å². The van der Waals surface area contributed by atoms with Gasteiger partial charge in [-0.15, -0.1) is 0 Å². The molecule has 0 bridgehead atoms. The van der Waals surface area contributed by atoms with Gasteiger partial charge in [0.1, 0.15) is 18.3 Å². The number of nitrogens with zero attached hydrogens (tertiary/aromatic N) is 2. The minimum absolute atomic E-state index is 0.113. The molecule has 1 heterocycles. The fraction of sp³-hybridized carbons (Fsp3) is 0.294. The second kappa shape index (κ2) is 8.08. The Labute approximate surface area is 143 Å². The first-order valence-electron chi connectivity index (χ1n) is 7.03. The van der Waals surface area contributed by atoms with Crippen LogP contribution in [0.3, 0.4) is 0 Å². The van der Waals surface area contributed by atoms with Gasteiger partial charge in [-0.05, 0) is 48.6 Å². The molecule has 0 spiro atoms. The van der Waals surface area contributed by atoms with Crippen LogP contribution in [0.4, 0.5) is 10.2 Å². The van der Waals surface area contributed by atoms with Gasteiger partial charge in [0.15, 0.2) is 0 Å². The maximum atomic E-state index is 13.5. The van der Waals surface area contributed by atoms with Gasteiger partial charge in [-0.25, -0.2) is 14.4 Å². The van der Waals surface area contributed by atoms with Crippen LogP contribution in [0.5, 0.6) is 0 Å². The monoisotopic (exact) mass is 409 g/mol. The first-order valence-corrected chi connectivity index (χ1v) is 8.10. The van der Waals surface area contributed by atoms with Crippen LogP contribution in [0, 0.1) is 15.4 Å². The molecule has 0 saturated heterocycles. The van der Waals surface area contributed by atoms with Crippen LogP contribution in [0.1, 0.15) is 37.7 Å². The van der Waals surface area contributed by atoms with E-state index < -0.39 is 6.17 Å². The lowest BCUT2D eigenvalue weighted by molar-refractivity contribution is 0.363. The van der Waals surface area contributed by atoms with Crippen LogP contribution in [0.2, 0.25) is 0 Å². The molecule has 2 rings (SSSR count). The van der Waals surface area contributed by atoms with E-state index in [1.807, 2.05) is 37.3 Å². The van der Waals surface area contributed by atoms with E-state index in [0.29, 0.717) is 17.9 Å². The molecule has 1 aromatic heterocycles. The number of hydrogen-bond acceptors (Lipinski definition) is 3. The molecule has 0 amide bonds. The van der Waals surface area contributed by atoms with E-state index in [0.717, 1.165) is 9.13 Å². The highest BCUT2D eigenvalue weighted by atomic mass is 127. The van der Waals surface area contributed by atoms with E-state index in [1.54, 1.807) is 0 Å². The van der Waals surface area contributed by atoms with Crippen molar-refractivity contribution in [3.63, 3.8) is 0 Å². The van der Waals surface area contributed by atoms with Gasteiger partial charge in [0.25, 0.3) is 0 Å². The predicted octanol–water partition coefficient (Wildman–Crippen LogP) is 4.35. The van der Waals surface area contributed by atoms with E-state index >= 15 is 0 Å². The Morgan fingerprint density at radius 2 is 1.95 bits per heavy atom. The number of alkyl halides is 1. The largest absolute Gasteiger partial charge is 0.366 e. The summed E-state index contributed by atoms with van der Waals surface area (Å²) in [7, 11) is 0. The molecule has 1 N–H and O–H groups in total. The van der Waals surface area contributed by atoms with Crippen LogP contribution >= 0.6 is 22.6 Å². The SMILES string of the molecule is CC(CC#Cc1ccccc1)Nc1ncnc(C(C)F)c1I. The molecule has 0 fully saturated rings. The molecule has 3 nitrogen and oxygen atoms in total. The summed E-state index contributed by atoms with van der Waals surface area (Å²) in [5.74, 6) is 6.92. The van der Waals surface area contributed by atoms with E-state index in [-0.39, 0.29) is 6.04 Å². The maximum Gasteiger partial charge on any atom is 0.143 e. The minimum atomic E-state index is -1.11. The Balaban J connectivity index is 2.00. The predicted molar refractivity (Wildman–Crippen MR) is 95.3 cm³/mol. The van der Waals surface area contributed by atoms with Gasteiger partial charge in [-0.1, -0.05) is 30.0 Å². The molecule has 2 aromatic rings. The van der Waals surface area contributed by atoms with Crippen LogP contribution in [0.25, 0.3) is 0 Å². The summed E-state index contributed by atoms with van der Waals surface area (Å²) in [5, 5.41) is 3.26. The molecule has 5 heteroatoms. The summed E-state index contributed by atoms with van der Waals surface area (Å²) in [6, 6.07) is 9.97. The van der Waals surface area contributed by atoms with Gasteiger partial charge >= 0.3 is 0 Å². The van der Waals surface area contributed by atoms with Crippen molar-refractivity contribution in [2.24, 2.45) is 0 Å². The quantitative estimate of drug-likeness (QED) is 0.603. The molecule has 1 aromatic carbocycles. The van der Waals surface area contributed by atoms with Gasteiger partial charge in [-0.2, -0.15) is 0 Å². The smallest absolute Gasteiger partial charge is 0.143 e. The van der Waals surface area contributed by atoms with Crippen molar-refractivity contribution in [3.05, 3.63) is 51.5 Å². The van der Waals surface area contributed by atoms with Crippen molar-refractivity contribution in [2.75, 3.05) is 5.32 Å². The average Bonchev–Trinajstić information content (AvgIpc) is 2.50. The van der Waals surface area contributed by atoms with E-state index in [9.17, 15) is 4.39 Å². The van der Waals surface area contributed by atoms with Crippen LogP contribution < -0.4 is 5.32 Å². The second-order valence-electron chi connectivity index (χ2n) is 4.95. The molecular formula is C17H17FIN3. The highest BCUT2D eigenvalue weighted by Crippen LogP contribution is 2.25. The van der Waals surface area contributed by atoms with Gasteiger partial charge < -0.3 is 5.32 Å². The first kappa shape index (κ1) is 16.7. The van der Waals surface area contributed by atoms with Gasteiger partial charge in [0.05, 0.1) is 9.26 Å². The Morgan fingerprint density at radius 1 is 1.23 bits per heavy atom. The zero-order valence-electron chi connectivity index (χ0n) is 12.5. The summed E-state index contributed by atoms with van der Waals surface area (Å²) < 4.78 is 14.2. The number of aromatic nitrogens is 2. The van der Waals surface area contributed by atoms with Crippen LogP contribution in [0.15, 0.2) is 36.7 Å². The second-order valence-corrected chi connectivity index (χ2v) is 6.03. The number of nitrogens with one attached hydrogen (secondary N) is 1.